The zero-order valence-corrected chi connectivity index (χ0v) is 20.1. The Morgan fingerprint density at radius 2 is 1.64 bits per heavy atom. The molecule has 188 valence electrons. The fourth-order valence-corrected chi connectivity index (χ4v) is 4.76. The number of rotatable bonds is 10. The number of phenols is 2. The lowest BCUT2D eigenvalue weighted by Gasteiger charge is -2.18. The molecule has 0 unspecified atom stereocenters. The van der Waals surface area contributed by atoms with E-state index in [4.69, 9.17) is 4.74 Å². The summed E-state index contributed by atoms with van der Waals surface area (Å²) in [6.45, 7) is 2.18. The molecule has 4 aromatic rings. The number of sulfone groups is 1. The van der Waals surface area contributed by atoms with Gasteiger partial charge in [-0.3, -0.25) is 0 Å². The second-order valence-corrected chi connectivity index (χ2v) is 10.1. The first-order valence-electron chi connectivity index (χ1n) is 11.1. The Morgan fingerprint density at radius 3 is 2.31 bits per heavy atom. The summed E-state index contributed by atoms with van der Waals surface area (Å²) in [4.78, 5) is 0.0494. The molecular weight excluding hydrogens is 486 g/mol. The fraction of sp³-hybridized carbons (Fsp3) is 0.200. The van der Waals surface area contributed by atoms with Gasteiger partial charge >= 0.3 is 5.88 Å². The quantitative estimate of drug-likeness (QED) is 0.249. The van der Waals surface area contributed by atoms with Gasteiger partial charge in [0.15, 0.2) is 0 Å². The number of benzene rings is 3. The maximum atomic E-state index is 12.8. The Balaban J connectivity index is 1.35. The number of nitrogens with zero attached hydrogens (tertiary/aromatic N) is 2. The van der Waals surface area contributed by atoms with Crippen LogP contribution >= 0.6 is 0 Å². The zero-order chi connectivity index (χ0) is 25.7. The van der Waals surface area contributed by atoms with Crippen molar-refractivity contribution < 1.29 is 33.1 Å². The van der Waals surface area contributed by atoms with Gasteiger partial charge < -0.3 is 25.4 Å². The lowest BCUT2D eigenvalue weighted by atomic mass is 10.1. The van der Waals surface area contributed by atoms with Crippen LogP contribution in [-0.2, 0) is 16.3 Å². The van der Waals surface area contributed by atoms with Gasteiger partial charge in [-0.25, -0.2) is 13.0 Å². The van der Waals surface area contributed by atoms with Gasteiger partial charge in [-0.1, -0.05) is 30.3 Å². The molecule has 2 atom stereocenters. The monoisotopic (exact) mass is 511 g/mol. The van der Waals surface area contributed by atoms with Gasteiger partial charge in [0.25, 0.3) is 5.03 Å². The summed E-state index contributed by atoms with van der Waals surface area (Å²) >= 11 is 0. The lowest BCUT2D eigenvalue weighted by molar-refractivity contribution is 0.170. The topological polar surface area (TPSA) is 155 Å². The first-order chi connectivity index (χ1) is 17.2. The second kappa shape index (κ2) is 10.8. The van der Waals surface area contributed by atoms with Crippen LogP contribution in [-0.4, -0.2) is 46.6 Å². The molecule has 1 heterocycles. The highest BCUT2D eigenvalue weighted by atomic mass is 32.2. The highest BCUT2D eigenvalue weighted by Crippen LogP contribution is 2.30. The normalized spacial score (nSPS) is 13.3. The van der Waals surface area contributed by atoms with Gasteiger partial charge in [-0.2, -0.15) is 0 Å². The molecule has 0 aliphatic rings. The van der Waals surface area contributed by atoms with E-state index in [-0.39, 0.29) is 34.9 Å². The van der Waals surface area contributed by atoms with Gasteiger partial charge in [-0.15, -0.1) is 0 Å². The van der Waals surface area contributed by atoms with Gasteiger partial charge in [0.05, 0.1) is 11.0 Å². The highest BCUT2D eigenvalue weighted by Gasteiger charge is 2.28. The molecule has 0 aliphatic carbocycles. The third-order valence-corrected chi connectivity index (χ3v) is 7.04. The Bertz CT molecular complexity index is 1390. The van der Waals surface area contributed by atoms with Crippen LogP contribution in [0.15, 0.2) is 87.3 Å². The number of ether oxygens (including phenoxy) is 1. The van der Waals surface area contributed by atoms with Gasteiger partial charge in [0.2, 0.25) is 9.84 Å². The molecule has 0 bridgehead atoms. The molecule has 1 aromatic heterocycles. The largest absolute Gasteiger partial charge is 0.508 e. The Morgan fingerprint density at radius 1 is 0.972 bits per heavy atom. The Hall–Kier alpha value is -3.93. The summed E-state index contributed by atoms with van der Waals surface area (Å²) in [6, 6.07) is 18.8. The maximum Gasteiger partial charge on any atom is 0.301 e. The van der Waals surface area contributed by atoms with Crippen molar-refractivity contribution in [3.8, 4) is 23.1 Å². The molecular formula is C25H25N3O7S. The predicted molar refractivity (Wildman–Crippen MR) is 129 cm³/mol. The summed E-state index contributed by atoms with van der Waals surface area (Å²) in [6.07, 6.45) is -0.268. The molecule has 3 aromatic carbocycles. The molecule has 10 nitrogen and oxygen atoms in total. The Labute approximate surface area is 207 Å². The number of hydrogen-bond donors (Lipinski definition) is 4. The number of nitrogens with one attached hydrogen (secondary N) is 1. The van der Waals surface area contributed by atoms with Crippen molar-refractivity contribution in [2.24, 2.45) is 0 Å². The summed E-state index contributed by atoms with van der Waals surface area (Å²) < 4.78 is 35.9. The summed E-state index contributed by atoms with van der Waals surface area (Å²) in [5.41, 5.74) is 1.38. The van der Waals surface area contributed by atoms with Gasteiger partial charge in [0, 0.05) is 18.7 Å². The minimum absolute atomic E-state index is 0.000294. The third kappa shape index (κ3) is 6.00. The molecule has 4 rings (SSSR count). The van der Waals surface area contributed by atoms with E-state index in [0.717, 1.165) is 5.56 Å². The van der Waals surface area contributed by atoms with Crippen molar-refractivity contribution in [1.29, 1.82) is 0 Å². The summed E-state index contributed by atoms with van der Waals surface area (Å²) in [5.74, 6) is -0.136. The van der Waals surface area contributed by atoms with Gasteiger partial charge in [-0.05, 0) is 71.2 Å². The van der Waals surface area contributed by atoms with Crippen LogP contribution in [0.3, 0.4) is 0 Å². The summed E-state index contributed by atoms with van der Waals surface area (Å²) in [5, 5.41) is 39.4. The number of aromatic nitrogens is 2. The molecule has 0 fully saturated rings. The van der Waals surface area contributed by atoms with Crippen LogP contribution in [0.5, 0.6) is 23.1 Å². The maximum absolute atomic E-state index is 12.8. The molecule has 0 aliphatic heterocycles. The number of aliphatic hydroxyl groups excluding tert-OH is 1. The van der Waals surface area contributed by atoms with Crippen molar-refractivity contribution in [1.82, 2.24) is 15.6 Å². The molecule has 0 radical (unpaired) electrons. The van der Waals surface area contributed by atoms with E-state index in [9.17, 15) is 23.7 Å². The van der Waals surface area contributed by atoms with E-state index in [1.165, 1.54) is 30.3 Å². The SMILES string of the molecule is C[C@H](Cc1ccc(Oc2nonc2S(=O)(=O)c2ccccc2)cc1)NC[C@H](O)c1cc(O)cc(O)c1. The average molecular weight is 512 g/mol. The number of aliphatic hydroxyl groups is 1. The minimum atomic E-state index is -3.96. The number of hydrogen-bond acceptors (Lipinski definition) is 10. The van der Waals surface area contributed by atoms with Crippen LogP contribution in [0.4, 0.5) is 0 Å². The van der Waals surface area contributed by atoms with Crippen molar-refractivity contribution >= 4 is 9.84 Å². The van der Waals surface area contributed by atoms with E-state index in [1.54, 1.807) is 30.3 Å². The lowest BCUT2D eigenvalue weighted by Crippen LogP contribution is -2.32. The van der Waals surface area contributed by atoms with E-state index in [1.807, 2.05) is 19.1 Å². The first-order valence-corrected chi connectivity index (χ1v) is 12.5. The first kappa shape index (κ1) is 25.2. The number of phenolic OH excluding ortho intramolecular Hbond substituents is 2. The van der Waals surface area contributed by atoms with Crippen molar-refractivity contribution in [2.45, 2.75) is 35.4 Å². The van der Waals surface area contributed by atoms with Crippen LogP contribution in [0, 0.1) is 0 Å². The molecule has 0 spiro atoms. The molecule has 36 heavy (non-hydrogen) atoms. The molecule has 0 amide bonds. The predicted octanol–water partition coefficient (Wildman–Crippen LogP) is 3.36. The van der Waals surface area contributed by atoms with E-state index >= 15 is 0 Å². The van der Waals surface area contributed by atoms with E-state index in [0.29, 0.717) is 17.7 Å². The standard InChI is InChI=1S/C25H25N3O7S/c1-16(26-15-23(31)18-12-19(29)14-20(30)13-18)11-17-7-9-21(10-8-17)34-24-25(28-35-27-24)36(32,33)22-5-3-2-4-6-22/h2-10,12-14,16,23,26,29-31H,11,15H2,1H3/t16-,23+/m1/s1. The van der Waals surface area contributed by atoms with Crippen LogP contribution in [0.2, 0.25) is 0 Å². The van der Waals surface area contributed by atoms with Crippen LogP contribution in [0.1, 0.15) is 24.2 Å². The van der Waals surface area contributed by atoms with Crippen LogP contribution in [0.25, 0.3) is 0 Å². The molecule has 0 saturated heterocycles. The van der Waals surface area contributed by atoms with Crippen molar-refractivity contribution in [3.05, 3.63) is 83.9 Å². The molecule has 0 saturated carbocycles. The second-order valence-electron chi connectivity index (χ2n) is 8.25. The zero-order valence-electron chi connectivity index (χ0n) is 19.3. The van der Waals surface area contributed by atoms with Crippen LogP contribution < -0.4 is 10.1 Å². The average Bonchev–Trinajstić information content (AvgIpc) is 3.33. The molecule has 4 N–H and O–H groups in total. The van der Waals surface area contributed by atoms with Crippen molar-refractivity contribution in [2.75, 3.05) is 6.54 Å². The third-order valence-electron chi connectivity index (χ3n) is 5.39. The smallest absolute Gasteiger partial charge is 0.301 e. The molecule has 11 heteroatoms. The van der Waals surface area contributed by atoms with E-state index < -0.39 is 21.0 Å². The van der Waals surface area contributed by atoms with Crippen molar-refractivity contribution in [3.63, 3.8) is 0 Å². The number of aromatic hydroxyl groups is 2. The minimum Gasteiger partial charge on any atom is -0.508 e. The summed E-state index contributed by atoms with van der Waals surface area (Å²) in [7, 11) is -3.96. The highest BCUT2D eigenvalue weighted by molar-refractivity contribution is 7.91. The van der Waals surface area contributed by atoms with Gasteiger partial charge in [0.1, 0.15) is 17.2 Å². The Kier molecular flexibility index (Phi) is 7.53. The van der Waals surface area contributed by atoms with E-state index in [2.05, 4.69) is 20.3 Å². The fourth-order valence-electron chi connectivity index (χ4n) is 3.58.